The van der Waals surface area contributed by atoms with Gasteiger partial charge in [0.2, 0.25) is 0 Å². The standard InChI is InChI=1S/C17H24N4O/c1-14-4-5-17(19-16(14)11-18)21-6-2-3-15(13-21)12-20-7-9-22-10-8-20/h4-5,15H,2-3,6-10,12-13H2,1H3. The van der Waals surface area contributed by atoms with Crippen molar-refractivity contribution in [3.8, 4) is 6.07 Å². The molecule has 0 saturated carbocycles. The summed E-state index contributed by atoms with van der Waals surface area (Å²) in [5.74, 6) is 1.63. The van der Waals surface area contributed by atoms with E-state index in [1.165, 1.54) is 12.8 Å². The van der Waals surface area contributed by atoms with Crippen molar-refractivity contribution in [2.45, 2.75) is 19.8 Å². The molecule has 1 aromatic rings. The van der Waals surface area contributed by atoms with Crippen LogP contribution in [0.15, 0.2) is 12.1 Å². The van der Waals surface area contributed by atoms with Gasteiger partial charge in [-0.2, -0.15) is 5.26 Å². The molecule has 2 fully saturated rings. The molecular formula is C17H24N4O. The molecule has 0 aromatic carbocycles. The molecule has 5 nitrogen and oxygen atoms in total. The van der Waals surface area contributed by atoms with E-state index in [9.17, 15) is 0 Å². The Kier molecular flexibility index (Phi) is 4.91. The molecule has 2 aliphatic rings. The highest BCUT2D eigenvalue weighted by Gasteiger charge is 2.24. The van der Waals surface area contributed by atoms with E-state index in [4.69, 9.17) is 10.00 Å². The molecule has 3 rings (SSSR count). The lowest BCUT2D eigenvalue weighted by Crippen LogP contribution is -2.44. The monoisotopic (exact) mass is 300 g/mol. The normalized spacial score (nSPS) is 23.3. The quantitative estimate of drug-likeness (QED) is 0.852. The third-order valence-electron chi connectivity index (χ3n) is 4.65. The van der Waals surface area contributed by atoms with E-state index in [0.717, 1.165) is 57.3 Å². The van der Waals surface area contributed by atoms with Crippen molar-refractivity contribution in [1.29, 1.82) is 5.26 Å². The van der Waals surface area contributed by atoms with Crippen molar-refractivity contribution in [1.82, 2.24) is 9.88 Å². The molecule has 0 amide bonds. The van der Waals surface area contributed by atoms with Crippen LogP contribution < -0.4 is 4.90 Å². The Morgan fingerprint density at radius 2 is 2.14 bits per heavy atom. The van der Waals surface area contributed by atoms with Crippen molar-refractivity contribution < 1.29 is 4.74 Å². The Hall–Kier alpha value is -1.64. The van der Waals surface area contributed by atoms with Gasteiger partial charge in [-0.1, -0.05) is 6.07 Å². The van der Waals surface area contributed by atoms with Gasteiger partial charge in [0.05, 0.1) is 13.2 Å². The van der Waals surface area contributed by atoms with Crippen LogP contribution in [0.4, 0.5) is 5.82 Å². The second-order valence-corrected chi connectivity index (χ2v) is 6.31. The minimum Gasteiger partial charge on any atom is -0.379 e. The molecule has 0 radical (unpaired) electrons. The first-order valence-electron chi connectivity index (χ1n) is 8.19. The average Bonchev–Trinajstić information content (AvgIpc) is 2.56. The number of aryl methyl sites for hydroxylation is 1. The van der Waals surface area contributed by atoms with Gasteiger partial charge in [0.25, 0.3) is 0 Å². The average molecular weight is 300 g/mol. The maximum Gasteiger partial charge on any atom is 0.145 e. The van der Waals surface area contributed by atoms with E-state index in [0.29, 0.717) is 11.6 Å². The van der Waals surface area contributed by atoms with Crippen LogP contribution in [-0.2, 0) is 4.74 Å². The van der Waals surface area contributed by atoms with Gasteiger partial charge in [0.15, 0.2) is 0 Å². The van der Waals surface area contributed by atoms with Crippen LogP contribution in [-0.4, -0.2) is 55.8 Å². The summed E-state index contributed by atoms with van der Waals surface area (Å²) in [6, 6.07) is 6.25. The van der Waals surface area contributed by atoms with Gasteiger partial charge in [-0.15, -0.1) is 0 Å². The zero-order chi connectivity index (χ0) is 15.4. The summed E-state index contributed by atoms with van der Waals surface area (Å²) in [7, 11) is 0. The van der Waals surface area contributed by atoms with Gasteiger partial charge in [-0.3, -0.25) is 4.90 Å². The lowest BCUT2D eigenvalue weighted by Gasteiger charge is -2.37. The SMILES string of the molecule is Cc1ccc(N2CCCC(CN3CCOCC3)C2)nc1C#N. The fourth-order valence-corrected chi connectivity index (χ4v) is 3.38. The molecular weight excluding hydrogens is 276 g/mol. The van der Waals surface area contributed by atoms with E-state index in [1.807, 2.05) is 19.1 Å². The molecule has 22 heavy (non-hydrogen) atoms. The van der Waals surface area contributed by atoms with Gasteiger partial charge in [0.1, 0.15) is 17.6 Å². The Morgan fingerprint density at radius 1 is 1.32 bits per heavy atom. The fourth-order valence-electron chi connectivity index (χ4n) is 3.38. The van der Waals surface area contributed by atoms with Gasteiger partial charge in [-0.05, 0) is 37.3 Å². The summed E-state index contributed by atoms with van der Waals surface area (Å²) in [6.45, 7) is 9.00. The number of nitriles is 1. The van der Waals surface area contributed by atoms with Crippen molar-refractivity contribution in [3.63, 3.8) is 0 Å². The zero-order valence-corrected chi connectivity index (χ0v) is 13.3. The molecule has 1 aromatic heterocycles. The lowest BCUT2D eigenvalue weighted by molar-refractivity contribution is 0.0296. The number of aromatic nitrogens is 1. The van der Waals surface area contributed by atoms with Gasteiger partial charge >= 0.3 is 0 Å². The topological polar surface area (TPSA) is 52.4 Å². The van der Waals surface area contributed by atoms with Crippen LogP contribution in [0.5, 0.6) is 0 Å². The number of anilines is 1. The molecule has 0 aliphatic carbocycles. The number of rotatable bonds is 3. The predicted molar refractivity (Wildman–Crippen MR) is 85.9 cm³/mol. The number of piperidine rings is 1. The number of nitrogens with zero attached hydrogens (tertiary/aromatic N) is 4. The smallest absolute Gasteiger partial charge is 0.145 e. The van der Waals surface area contributed by atoms with Crippen LogP contribution >= 0.6 is 0 Å². The van der Waals surface area contributed by atoms with Crippen molar-refractivity contribution in [2.75, 3.05) is 50.8 Å². The van der Waals surface area contributed by atoms with Crippen molar-refractivity contribution in [3.05, 3.63) is 23.4 Å². The Balaban J connectivity index is 1.63. The van der Waals surface area contributed by atoms with Gasteiger partial charge < -0.3 is 9.64 Å². The number of hydrogen-bond donors (Lipinski definition) is 0. The first kappa shape index (κ1) is 15.3. The first-order chi connectivity index (χ1) is 10.8. The molecule has 0 bridgehead atoms. The summed E-state index contributed by atoms with van der Waals surface area (Å²) in [4.78, 5) is 9.38. The second-order valence-electron chi connectivity index (χ2n) is 6.31. The van der Waals surface area contributed by atoms with Crippen LogP contribution in [0.25, 0.3) is 0 Å². The first-order valence-corrected chi connectivity index (χ1v) is 8.19. The summed E-state index contributed by atoms with van der Waals surface area (Å²) < 4.78 is 5.42. The van der Waals surface area contributed by atoms with Crippen LogP contribution in [0.3, 0.4) is 0 Å². The van der Waals surface area contributed by atoms with Crippen LogP contribution in [0.2, 0.25) is 0 Å². The van der Waals surface area contributed by atoms with Crippen molar-refractivity contribution >= 4 is 5.82 Å². The number of pyridine rings is 1. The van der Waals surface area contributed by atoms with Crippen molar-refractivity contribution in [2.24, 2.45) is 5.92 Å². The third-order valence-corrected chi connectivity index (χ3v) is 4.65. The fraction of sp³-hybridized carbons (Fsp3) is 0.647. The van der Waals surface area contributed by atoms with Gasteiger partial charge in [0, 0.05) is 32.7 Å². The summed E-state index contributed by atoms with van der Waals surface area (Å²) in [5.41, 5.74) is 1.50. The van der Waals surface area contributed by atoms with E-state index >= 15 is 0 Å². The second kappa shape index (κ2) is 7.08. The molecule has 2 saturated heterocycles. The number of morpholine rings is 1. The van der Waals surface area contributed by atoms with Crippen LogP contribution in [0.1, 0.15) is 24.1 Å². The highest BCUT2D eigenvalue weighted by atomic mass is 16.5. The molecule has 0 N–H and O–H groups in total. The van der Waals surface area contributed by atoms with Gasteiger partial charge in [-0.25, -0.2) is 4.98 Å². The Labute approximate surface area is 132 Å². The van der Waals surface area contributed by atoms with E-state index in [2.05, 4.69) is 20.9 Å². The summed E-state index contributed by atoms with van der Waals surface area (Å²) >= 11 is 0. The summed E-state index contributed by atoms with van der Waals surface area (Å²) in [6.07, 6.45) is 2.48. The summed E-state index contributed by atoms with van der Waals surface area (Å²) in [5, 5.41) is 9.16. The Morgan fingerprint density at radius 3 is 2.91 bits per heavy atom. The molecule has 118 valence electrons. The Bertz CT molecular complexity index is 548. The molecule has 2 aliphatic heterocycles. The van der Waals surface area contributed by atoms with Crippen LogP contribution in [0, 0.1) is 24.2 Å². The van der Waals surface area contributed by atoms with E-state index in [-0.39, 0.29) is 0 Å². The largest absolute Gasteiger partial charge is 0.379 e. The van der Waals surface area contributed by atoms with E-state index in [1.54, 1.807) is 0 Å². The minimum atomic E-state index is 0.549. The molecule has 1 unspecified atom stereocenters. The molecule has 1 atom stereocenters. The maximum atomic E-state index is 9.16. The highest BCUT2D eigenvalue weighted by molar-refractivity contribution is 5.45. The zero-order valence-electron chi connectivity index (χ0n) is 13.3. The predicted octanol–water partition coefficient (Wildman–Crippen LogP) is 1.81. The highest BCUT2D eigenvalue weighted by Crippen LogP contribution is 2.23. The third kappa shape index (κ3) is 3.57. The number of ether oxygens (including phenoxy) is 1. The number of hydrogen-bond acceptors (Lipinski definition) is 5. The molecule has 3 heterocycles. The minimum absolute atomic E-state index is 0.549. The maximum absolute atomic E-state index is 9.16. The molecule has 5 heteroatoms. The lowest BCUT2D eigenvalue weighted by atomic mass is 9.97. The molecule has 0 spiro atoms. The van der Waals surface area contributed by atoms with E-state index < -0.39 is 0 Å².